The number of rotatable bonds is 4. The molecule has 1 aromatic heterocycles. The Kier molecular flexibility index (Phi) is 3.52. The molecule has 17 heavy (non-hydrogen) atoms. The fourth-order valence-corrected chi connectivity index (χ4v) is 1.49. The van der Waals surface area contributed by atoms with Gasteiger partial charge in [-0.3, -0.25) is 4.79 Å². The highest BCUT2D eigenvalue weighted by molar-refractivity contribution is 5.94. The Balaban J connectivity index is 2.20. The first-order chi connectivity index (χ1) is 8.31. The van der Waals surface area contributed by atoms with Crippen LogP contribution in [0.4, 0.5) is 0 Å². The van der Waals surface area contributed by atoms with Crippen LogP contribution in [0.3, 0.4) is 0 Å². The minimum Gasteiger partial charge on any atom is -0.395 e. The molecule has 2 aromatic rings. The standard InChI is InChI=1S/C12H13N3O2/c16-7-5-14-12(17)10-2-1-3-11(8-10)15-6-4-13-9-15/h1-4,6,8-9,16H,5,7H2,(H,14,17). The van der Waals surface area contributed by atoms with Crippen molar-refractivity contribution in [3.05, 3.63) is 48.5 Å². The summed E-state index contributed by atoms with van der Waals surface area (Å²) in [4.78, 5) is 15.6. The van der Waals surface area contributed by atoms with Gasteiger partial charge in [-0.2, -0.15) is 0 Å². The first-order valence-corrected chi connectivity index (χ1v) is 5.29. The van der Waals surface area contributed by atoms with Crippen molar-refractivity contribution in [2.45, 2.75) is 0 Å². The van der Waals surface area contributed by atoms with E-state index in [1.807, 2.05) is 22.9 Å². The van der Waals surface area contributed by atoms with Crippen molar-refractivity contribution in [2.24, 2.45) is 0 Å². The van der Waals surface area contributed by atoms with Crippen LogP contribution in [0, 0.1) is 0 Å². The number of amides is 1. The zero-order chi connectivity index (χ0) is 12.1. The molecule has 0 aliphatic heterocycles. The zero-order valence-corrected chi connectivity index (χ0v) is 9.21. The van der Waals surface area contributed by atoms with Crippen molar-refractivity contribution in [2.75, 3.05) is 13.2 Å². The number of aliphatic hydroxyl groups excluding tert-OH is 1. The molecule has 5 nitrogen and oxygen atoms in total. The van der Waals surface area contributed by atoms with Crippen molar-refractivity contribution in [1.82, 2.24) is 14.9 Å². The van der Waals surface area contributed by atoms with Crippen LogP contribution >= 0.6 is 0 Å². The third-order valence-electron chi connectivity index (χ3n) is 2.31. The van der Waals surface area contributed by atoms with E-state index >= 15 is 0 Å². The Morgan fingerprint density at radius 3 is 3.06 bits per heavy atom. The third kappa shape index (κ3) is 2.70. The van der Waals surface area contributed by atoms with Gasteiger partial charge in [0.2, 0.25) is 0 Å². The maximum Gasteiger partial charge on any atom is 0.251 e. The number of carbonyl (C=O) groups is 1. The molecular formula is C12H13N3O2. The molecule has 0 atom stereocenters. The second kappa shape index (κ2) is 5.27. The van der Waals surface area contributed by atoms with Crippen LogP contribution in [0.25, 0.3) is 5.69 Å². The molecule has 2 rings (SSSR count). The van der Waals surface area contributed by atoms with Gasteiger partial charge in [0.25, 0.3) is 5.91 Å². The maximum absolute atomic E-state index is 11.7. The summed E-state index contributed by atoms with van der Waals surface area (Å²) < 4.78 is 1.82. The number of benzene rings is 1. The lowest BCUT2D eigenvalue weighted by Gasteiger charge is -2.06. The van der Waals surface area contributed by atoms with E-state index < -0.39 is 0 Å². The van der Waals surface area contributed by atoms with Gasteiger partial charge >= 0.3 is 0 Å². The van der Waals surface area contributed by atoms with Gasteiger partial charge in [-0.25, -0.2) is 4.98 Å². The van der Waals surface area contributed by atoms with Crippen LogP contribution in [-0.4, -0.2) is 33.7 Å². The molecule has 0 unspecified atom stereocenters. The van der Waals surface area contributed by atoms with E-state index in [1.165, 1.54) is 0 Å². The fraction of sp³-hybridized carbons (Fsp3) is 0.167. The smallest absolute Gasteiger partial charge is 0.251 e. The van der Waals surface area contributed by atoms with Gasteiger partial charge in [0.15, 0.2) is 0 Å². The lowest BCUT2D eigenvalue weighted by molar-refractivity contribution is 0.0945. The molecule has 0 spiro atoms. The lowest BCUT2D eigenvalue weighted by Crippen LogP contribution is -2.26. The van der Waals surface area contributed by atoms with Gasteiger partial charge in [0.05, 0.1) is 12.9 Å². The van der Waals surface area contributed by atoms with E-state index in [1.54, 1.807) is 24.7 Å². The SMILES string of the molecule is O=C(NCCO)c1cccc(-n2ccnc2)c1. The average molecular weight is 231 g/mol. The average Bonchev–Trinajstić information content (AvgIpc) is 2.90. The van der Waals surface area contributed by atoms with Crippen LogP contribution in [-0.2, 0) is 0 Å². The van der Waals surface area contributed by atoms with Crippen LogP contribution in [0.1, 0.15) is 10.4 Å². The first-order valence-electron chi connectivity index (χ1n) is 5.29. The maximum atomic E-state index is 11.7. The predicted molar refractivity (Wildman–Crippen MR) is 63.0 cm³/mol. The number of hydrogen-bond donors (Lipinski definition) is 2. The molecule has 2 N–H and O–H groups in total. The number of nitrogens with one attached hydrogen (secondary N) is 1. The summed E-state index contributed by atoms with van der Waals surface area (Å²) in [5.74, 6) is -0.194. The molecule has 0 saturated heterocycles. The van der Waals surface area contributed by atoms with Crippen LogP contribution in [0.5, 0.6) is 0 Å². The molecule has 0 bridgehead atoms. The molecule has 0 aliphatic rings. The second-order valence-corrected chi connectivity index (χ2v) is 3.50. The van der Waals surface area contributed by atoms with Crippen LogP contribution in [0.2, 0.25) is 0 Å². The molecular weight excluding hydrogens is 218 g/mol. The Bertz CT molecular complexity index is 494. The summed E-state index contributed by atoms with van der Waals surface area (Å²) in [6.07, 6.45) is 5.16. The lowest BCUT2D eigenvalue weighted by atomic mass is 10.2. The van der Waals surface area contributed by atoms with Gasteiger partial charge in [-0.1, -0.05) is 6.07 Å². The molecule has 88 valence electrons. The van der Waals surface area contributed by atoms with Gasteiger partial charge in [0.1, 0.15) is 0 Å². The van der Waals surface area contributed by atoms with E-state index in [0.29, 0.717) is 5.56 Å². The number of aromatic nitrogens is 2. The summed E-state index contributed by atoms with van der Waals surface area (Å²) in [5, 5.41) is 11.2. The van der Waals surface area contributed by atoms with Gasteiger partial charge in [-0.15, -0.1) is 0 Å². The first kappa shape index (κ1) is 11.3. The molecule has 1 aromatic carbocycles. The number of nitrogens with zero attached hydrogens (tertiary/aromatic N) is 2. The largest absolute Gasteiger partial charge is 0.395 e. The van der Waals surface area contributed by atoms with Crippen molar-refractivity contribution < 1.29 is 9.90 Å². The fourth-order valence-electron chi connectivity index (χ4n) is 1.49. The Morgan fingerprint density at radius 1 is 1.47 bits per heavy atom. The van der Waals surface area contributed by atoms with Crippen LogP contribution < -0.4 is 5.32 Å². The van der Waals surface area contributed by atoms with Crippen molar-refractivity contribution in [3.8, 4) is 5.69 Å². The summed E-state index contributed by atoms with van der Waals surface area (Å²) in [7, 11) is 0. The van der Waals surface area contributed by atoms with Crippen molar-refractivity contribution in [1.29, 1.82) is 0 Å². The number of imidazole rings is 1. The minimum absolute atomic E-state index is 0.0625. The van der Waals surface area contributed by atoms with E-state index in [-0.39, 0.29) is 19.1 Å². The molecule has 0 aliphatic carbocycles. The molecule has 1 heterocycles. The minimum atomic E-state index is -0.194. The second-order valence-electron chi connectivity index (χ2n) is 3.50. The Hall–Kier alpha value is -2.14. The molecule has 0 radical (unpaired) electrons. The zero-order valence-electron chi connectivity index (χ0n) is 9.21. The normalized spacial score (nSPS) is 10.2. The summed E-state index contributed by atoms with van der Waals surface area (Å²) in [6.45, 7) is 0.196. The highest BCUT2D eigenvalue weighted by atomic mass is 16.3. The molecule has 0 saturated carbocycles. The molecule has 1 amide bonds. The monoisotopic (exact) mass is 231 g/mol. The van der Waals surface area contributed by atoms with Crippen LogP contribution in [0.15, 0.2) is 43.0 Å². The topological polar surface area (TPSA) is 67.2 Å². The highest BCUT2D eigenvalue weighted by Crippen LogP contribution is 2.10. The molecule has 5 heteroatoms. The van der Waals surface area contributed by atoms with Gasteiger partial charge in [0, 0.05) is 30.2 Å². The van der Waals surface area contributed by atoms with E-state index in [0.717, 1.165) is 5.69 Å². The number of hydrogen-bond acceptors (Lipinski definition) is 3. The summed E-state index contributed by atoms with van der Waals surface area (Å²) in [5.41, 5.74) is 1.43. The van der Waals surface area contributed by atoms with E-state index in [9.17, 15) is 4.79 Å². The van der Waals surface area contributed by atoms with Gasteiger partial charge < -0.3 is 15.0 Å². The quantitative estimate of drug-likeness (QED) is 0.809. The van der Waals surface area contributed by atoms with Crippen molar-refractivity contribution >= 4 is 5.91 Å². The molecule has 0 fully saturated rings. The van der Waals surface area contributed by atoms with E-state index in [2.05, 4.69) is 10.3 Å². The Morgan fingerprint density at radius 2 is 2.35 bits per heavy atom. The van der Waals surface area contributed by atoms with E-state index in [4.69, 9.17) is 5.11 Å². The highest BCUT2D eigenvalue weighted by Gasteiger charge is 2.05. The van der Waals surface area contributed by atoms with Gasteiger partial charge in [-0.05, 0) is 18.2 Å². The predicted octanol–water partition coefficient (Wildman–Crippen LogP) is 0.594. The van der Waals surface area contributed by atoms with Crippen molar-refractivity contribution in [3.63, 3.8) is 0 Å². The number of aliphatic hydroxyl groups is 1. The summed E-state index contributed by atoms with van der Waals surface area (Å²) >= 11 is 0. The summed E-state index contributed by atoms with van der Waals surface area (Å²) in [6, 6.07) is 7.20. The number of carbonyl (C=O) groups excluding carboxylic acids is 1. The third-order valence-corrected chi connectivity index (χ3v) is 2.31. The Labute approximate surface area is 98.7 Å².